The molecule has 2 N–H and O–H groups in total. The molecule has 1 aliphatic rings. The van der Waals surface area contributed by atoms with E-state index in [1.807, 2.05) is 6.92 Å². The van der Waals surface area contributed by atoms with Crippen LogP contribution in [0.1, 0.15) is 20.3 Å². The summed E-state index contributed by atoms with van der Waals surface area (Å²) in [6, 6.07) is 0. The van der Waals surface area contributed by atoms with Gasteiger partial charge in [0.15, 0.2) is 6.29 Å². The molecule has 3 unspecified atom stereocenters. The third-order valence-corrected chi connectivity index (χ3v) is 2.62. The third kappa shape index (κ3) is 2.19. The SMILES string of the molecule is CCOC(O)C1CNCC1CC. The summed E-state index contributed by atoms with van der Waals surface area (Å²) in [4.78, 5) is 0. The summed E-state index contributed by atoms with van der Waals surface area (Å²) >= 11 is 0. The standard InChI is InChI=1S/C9H19NO2/c1-3-7-5-10-6-8(7)9(11)12-4-2/h7-11H,3-6H2,1-2H3. The molecule has 1 aliphatic heterocycles. The van der Waals surface area contributed by atoms with Crippen LogP contribution in [0.5, 0.6) is 0 Å². The predicted octanol–water partition coefficient (Wildman–Crippen LogP) is 0.587. The van der Waals surface area contributed by atoms with Crippen LogP contribution in [0.4, 0.5) is 0 Å². The normalized spacial score (nSPS) is 32.2. The zero-order valence-electron chi connectivity index (χ0n) is 7.92. The minimum atomic E-state index is -0.574. The van der Waals surface area contributed by atoms with Gasteiger partial charge in [-0.1, -0.05) is 13.3 Å². The van der Waals surface area contributed by atoms with E-state index in [1.54, 1.807) is 0 Å². The van der Waals surface area contributed by atoms with E-state index in [2.05, 4.69) is 12.2 Å². The van der Waals surface area contributed by atoms with Gasteiger partial charge in [0.25, 0.3) is 0 Å². The van der Waals surface area contributed by atoms with Crippen molar-refractivity contribution >= 4 is 0 Å². The van der Waals surface area contributed by atoms with E-state index in [-0.39, 0.29) is 5.92 Å². The van der Waals surface area contributed by atoms with Crippen molar-refractivity contribution in [3.63, 3.8) is 0 Å². The lowest BCUT2D eigenvalue weighted by Gasteiger charge is -2.22. The molecule has 0 spiro atoms. The van der Waals surface area contributed by atoms with Gasteiger partial charge in [0.05, 0.1) is 0 Å². The molecule has 3 atom stereocenters. The van der Waals surface area contributed by atoms with Crippen LogP contribution in [0, 0.1) is 11.8 Å². The lowest BCUT2D eigenvalue weighted by Crippen LogP contribution is -2.29. The molecule has 1 rings (SSSR count). The molecular weight excluding hydrogens is 154 g/mol. The van der Waals surface area contributed by atoms with Crippen molar-refractivity contribution in [3.05, 3.63) is 0 Å². The monoisotopic (exact) mass is 173 g/mol. The van der Waals surface area contributed by atoms with Crippen LogP contribution in [0.25, 0.3) is 0 Å². The van der Waals surface area contributed by atoms with Crippen LogP contribution in [0.3, 0.4) is 0 Å². The summed E-state index contributed by atoms with van der Waals surface area (Å²) in [5.74, 6) is 0.862. The van der Waals surface area contributed by atoms with Crippen LogP contribution in [-0.4, -0.2) is 31.1 Å². The Bertz CT molecular complexity index is 130. The lowest BCUT2D eigenvalue weighted by atomic mass is 9.93. The van der Waals surface area contributed by atoms with Gasteiger partial charge in [0.2, 0.25) is 0 Å². The van der Waals surface area contributed by atoms with Gasteiger partial charge in [-0.05, 0) is 19.4 Å². The summed E-state index contributed by atoms with van der Waals surface area (Å²) in [7, 11) is 0. The molecule has 1 saturated heterocycles. The number of aliphatic hydroxyl groups excluding tert-OH is 1. The second-order valence-electron chi connectivity index (χ2n) is 3.34. The number of hydrogen-bond acceptors (Lipinski definition) is 3. The number of rotatable bonds is 4. The maximum atomic E-state index is 9.59. The predicted molar refractivity (Wildman–Crippen MR) is 47.8 cm³/mol. The Morgan fingerprint density at radius 1 is 1.50 bits per heavy atom. The number of aliphatic hydroxyl groups is 1. The molecule has 0 bridgehead atoms. The molecule has 12 heavy (non-hydrogen) atoms. The van der Waals surface area contributed by atoms with E-state index >= 15 is 0 Å². The number of hydrogen-bond donors (Lipinski definition) is 2. The Morgan fingerprint density at radius 3 is 2.83 bits per heavy atom. The van der Waals surface area contributed by atoms with E-state index < -0.39 is 6.29 Å². The number of nitrogens with one attached hydrogen (secondary N) is 1. The van der Waals surface area contributed by atoms with Crippen molar-refractivity contribution in [1.82, 2.24) is 5.32 Å². The van der Waals surface area contributed by atoms with Gasteiger partial charge in [-0.15, -0.1) is 0 Å². The molecule has 0 amide bonds. The average molecular weight is 173 g/mol. The second-order valence-corrected chi connectivity index (χ2v) is 3.34. The molecule has 3 nitrogen and oxygen atoms in total. The van der Waals surface area contributed by atoms with Gasteiger partial charge >= 0.3 is 0 Å². The first kappa shape index (κ1) is 9.96. The first-order chi connectivity index (χ1) is 5.79. The fourth-order valence-electron chi connectivity index (χ4n) is 1.83. The zero-order valence-corrected chi connectivity index (χ0v) is 7.92. The summed E-state index contributed by atoms with van der Waals surface area (Å²) in [6.45, 7) is 6.56. The summed E-state index contributed by atoms with van der Waals surface area (Å²) in [6.07, 6.45) is 0.539. The van der Waals surface area contributed by atoms with E-state index in [0.29, 0.717) is 12.5 Å². The fourth-order valence-corrected chi connectivity index (χ4v) is 1.83. The molecule has 0 radical (unpaired) electrons. The molecule has 1 fully saturated rings. The minimum absolute atomic E-state index is 0.287. The van der Waals surface area contributed by atoms with Gasteiger partial charge in [0, 0.05) is 19.1 Å². The second kappa shape index (κ2) is 4.80. The zero-order chi connectivity index (χ0) is 8.97. The third-order valence-electron chi connectivity index (χ3n) is 2.62. The Balaban J connectivity index is 2.38. The van der Waals surface area contributed by atoms with Crippen molar-refractivity contribution in [1.29, 1.82) is 0 Å². The molecule has 0 aliphatic carbocycles. The van der Waals surface area contributed by atoms with Crippen LogP contribution in [-0.2, 0) is 4.74 Å². The molecule has 0 saturated carbocycles. The smallest absolute Gasteiger partial charge is 0.158 e. The highest BCUT2D eigenvalue weighted by molar-refractivity contribution is 4.81. The summed E-state index contributed by atoms with van der Waals surface area (Å²) < 4.78 is 5.17. The topological polar surface area (TPSA) is 41.5 Å². The Kier molecular flexibility index (Phi) is 3.98. The molecule has 0 aromatic heterocycles. The Morgan fingerprint density at radius 2 is 2.25 bits per heavy atom. The van der Waals surface area contributed by atoms with E-state index in [0.717, 1.165) is 19.5 Å². The minimum Gasteiger partial charge on any atom is -0.368 e. The quantitative estimate of drug-likeness (QED) is 0.611. The van der Waals surface area contributed by atoms with Gasteiger partial charge in [-0.3, -0.25) is 0 Å². The van der Waals surface area contributed by atoms with E-state index in [4.69, 9.17) is 4.74 Å². The average Bonchev–Trinajstić information content (AvgIpc) is 2.51. The first-order valence-electron chi connectivity index (χ1n) is 4.80. The molecule has 0 aromatic carbocycles. The van der Waals surface area contributed by atoms with Crippen molar-refractivity contribution < 1.29 is 9.84 Å². The molecule has 72 valence electrons. The van der Waals surface area contributed by atoms with Crippen molar-refractivity contribution in [2.24, 2.45) is 11.8 Å². The van der Waals surface area contributed by atoms with Crippen molar-refractivity contribution in [3.8, 4) is 0 Å². The Labute approximate surface area is 74.1 Å². The molecule has 0 aromatic rings. The van der Waals surface area contributed by atoms with Crippen molar-refractivity contribution in [2.45, 2.75) is 26.6 Å². The van der Waals surface area contributed by atoms with Crippen LogP contribution in [0.2, 0.25) is 0 Å². The van der Waals surface area contributed by atoms with Crippen molar-refractivity contribution in [2.75, 3.05) is 19.7 Å². The van der Waals surface area contributed by atoms with Gasteiger partial charge in [-0.2, -0.15) is 0 Å². The molecular formula is C9H19NO2. The molecule has 3 heteroatoms. The maximum Gasteiger partial charge on any atom is 0.158 e. The highest BCUT2D eigenvalue weighted by atomic mass is 16.6. The first-order valence-corrected chi connectivity index (χ1v) is 4.80. The van der Waals surface area contributed by atoms with Crippen LogP contribution in [0.15, 0.2) is 0 Å². The largest absolute Gasteiger partial charge is 0.368 e. The highest BCUT2D eigenvalue weighted by Crippen LogP contribution is 2.23. The molecule has 1 heterocycles. The number of ether oxygens (including phenoxy) is 1. The van der Waals surface area contributed by atoms with Crippen LogP contribution < -0.4 is 5.32 Å². The van der Waals surface area contributed by atoms with Gasteiger partial charge < -0.3 is 15.2 Å². The lowest BCUT2D eigenvalue weighted by molar-refractivity contribution is -0.134. The van der Waals surface area contributed by atoms with Crippen LogP contribution >= 0.6 is 0 Å². The van der Waals surface area contributed by atoms with Gasteiger partial charge in [0.1, 0.15) is 0 Å². The summed E-state index contributed by atoms with van der Waals surface area (Å²) in [5.41, 5.74) is 0. The Hall–Kier alpha value is -0.120. The van der Waals surface area contributed by atoms with E-state index in [9.17, 15) is 5.11 Å². The van der Waals surface area contributed by atoms with Gasteiger partial charge in [-0.25, -0.2) is 0 Å². The highest BCUT2D eigenvalue weighted by Gasteiger charge is 2.31. The fraction of sp³-hybridized carbons (Fsp3) is 1.00. The maximum absolute atomic E-state index is 9.59. The summed E-state index contributed by atoms with van der Waals surface area (Å²) in [5, 5.41) is 12.9. The van der Waals surface area contributed by atoms with E-state index in [1.165, 1.54) is 0 Å².